The number of hydrogen-bond acceptors (Lipinski definition) is 3. The van der Waals surface area contributed by atoms with E-state index in [-0.39, 0.29) is 11.5 Å². The van der Waals surface area contributed by atoms with Gasteiger partial charge in [-0.2, -0.15) is 0 Å². The molecule has 4 nitrogen and oxygen atoms in total. The topological polar surface area (TPSA) is 66.8 Å². The van der Waals surface area contributed by atoms with Gasteiger partial charge in [0.2, 0.25) is 5.76 Å². The van der Waals surface area contributed by atoms with Gasteiger partial charge in [-0.1, -0.05) is 12.1 Å². The molecule has 0 radical (unpaired) electrons. The smallest absolute Gasteiger partial charge is 0.371 e. The molecule has 1 aromatic rings. The summed E-state index contributed by atoms with van der Waals surface area (Å²) < 4.78 is 4.64. The summed E-state index contributed by atoms with van der Waals surface area (Å²) in [7, 11) is 1.29. The Labute approximate surface area is 81.1 Å². The Morgan fingerprint density at radius 2 is 1.93 bits per heavy atom. The first-order valence-electron chi connectivity index (χ1n) is 3.91. The molecule has 0 fully saturated rings. The van der Waals surface area contributed by atoms with Crippen molar-refractivity contribution in [3.05, 3.63) is 35.6 Å². The molecule has 0 atom stereocenters. The van der Waals surface area contributed by atoms with Gasteiger partial charge < -0.3 is 14.9 Å². The van der Waals surface area contributed by atoms with Crippen LogP contribution in [0, 0.1) is 0 Å². The molecule has 0 aliphatic carbocycles. The van der Waals surface area contributed by atoms with E-state index >= 15 is 0 Å². The van der Waals surface area contributed by atoms with Crippen LogP contribution in [0.3, 0.4) is 0 Å². The first kappa shape index (κ1) is 10.1. The van der Waals surface area contributed by atoms with E-state index in [1.165, 1.54) is 25.3 Å². The van der Waals surface area contributed by atoms with E-state index in [0.29, 0.717) is 5.56 Å². The van der Waals surface area contributed by atoms with Crippen LogP contribution in [0.4, 0.5) is 0 Å². The second kappa shape index (κ2) is 4.32. The lowest BCUT2D eigenvalue weighted by Gasteiger charge is -2.00. The fourth-order valence-electron chi connectivity index (χ4n) is 0.930. The number of methoxy groups -OCH3 is 1. The SMILES string of the molecule is CO/C(=C\c1ccc(O)cc1)C(=O)O. The van der Waals surface area contributed by atoms with E-state index < -0.39 is 5.97 Å². The third-order valence-corrected chi connectivity index (χ3v) is 1.62. The summed E-state index contributed by atoms with van der Waals surface area (Å²) in [4.78, 5) is 10.6. The highest BCUT2D eigenvalue weighted by molar-refractivity contribution is 5.89. The molecule has 0 spiro atoms. The van der Waals surface area contributed by atoms with Crippen molar-refractivity contribution < 1.29 is 19.7 Å². The molecule has 4 heteroatoms. The summed E-state index contributed by atoms with van der Waals surface area (Å²) in [5.74, 6) is -1.13. The molecule has 0 amide bonds. The molecule has 2 N–H and O–H groups in total. The van der Waals surface area contributed by atoms with Crippen LogP contribution in [0.25, 0.3) is 6.08 Å². The van der Waals surface area contributed by atoms with Gasteiger partial charge >= 0.3 is 5.97 Å². The van der Waals surface area contributed by atoms with Gasteiger partial charge in [-0.15, -0.1) is 0 Å². The Bertz CT molecular complexity index is 351. The van der Waals surface area contributed by atoms with Gasteiger partial charge in [-0.25, -0.2) is 4.79 Å². The fraction of sp³-hybridized carbons (Fsp3) is 0.100. The quantitative estimate of drug-likeness (QED) is 0.564. The zero-order chi connectivity index (χ0) is 10.6. The lowest BCUT2D eigenvalue weighted by molar-refractivity contribution is -0.135. The number of carboxylic acids is 1. The standard InChI is InChI=1S/C10H10O4/c1-14-9(10(12)13)6-7-2-4-8(11)5-3-7/h2-6,11H,1H3,(H,12,13)/b9-6-. The number of aliphatic carboxylic acids is 1. The minimum absolute atomic E-state index is 0.136. The normalized spacial score (nSPS) is 11.1. The molecular formula is C10H10O4. The molecule has 0 aromatic heterocycles. The summed E-state index contributed by atoms with van der Waals surface area (Å²) in [6.45, 7) is 0. The summed E-state index contributed by atoms with van der Waals surface area (Å²) in [6.07, 6.45) is 1.38. The monoisotopic (exact) mass is 194 g/mol. The Balaban J connectivity index is 2.95. The summed E-state index contributed by atoms with van der Waals surface area (Å²) in [6, 6.07) is 6.14. The van der Waals surface area contributed by atoms with Gasteiger partial charge in [0.05, 0.1) is 7.11 Å². The largest absolute Gasteiger partial charge is 0.508 e. The van der Waals surface area contributed by atoms with Crippen LogP contribution in [0.2, 0.25) is 0 Å². The molecule has 0 heterocycles. The number of hydrogen-bond donors (Lipinski definition) is 2. The maximum absolute atomic E-state index is 10.6. The van der Waals surface area contributed by atoms with Crippen molar-refractivity contribution in [2.75, 3.05) is 7.11 Å². The molecule has 14 heavy (non-hydrogen) atoms. The Morgan fingerprint density at radius 1 is 1.36 bits per heavy atom. The van der Waals surface area contributed by atoms with Crippen LogP contribution in [-0.2, 0) is 9.53 Å². The van der Waals surface area contributed by atoms with E-state index in [2.05, 4.69) is 4.74 Å². The number of phenols is 1. The van der Waals surface area contributed by atoms with Crippen molar-refractivity contribution in [3.8, 4) is 5.75 Å². The Hall–Kier alpha value is -1.97. The van der Waals surface area contributed by atoms with Crippen molar-refractivity contribution >= 4 is 12.0 Å². The molecule has 74 valence electrons. The number of phenolic OH excluding ortho intramolecular Hbond substituents is 1. The lowest BCUT2D eigenvalue weighted by atomic mass is 10.2. The second-order valence-corrected chi connectivity index (χ2v) is 2.61. The first-order chi connectivity index (χ1) is 6.63. The van der Waals surface area contributed by atoms with Crippen molar-refractivity contribution in [1.29, 1.82) is 0 Å². The maximum atomic E-state index is 10.6. The highest BCUT2D eigenvalue weighted by atomic mass is 16.5. The number of ether oxygens (including phenoxy) is 1. The summed E-state index contributed by atoms with van der Waals surface area (Å²) in [5, 5.41) is 17.6. The van der Waals surface area contributed by atoms with E-state index in [4.69, 9.17) is 10.2 Å². The van der Waals surface area contributed by atoms with Crippen LogP contribution < -0.4 is 0 Å². The number of carbonyl (C=O) groups is 1. The van der Waals surface area contributed by atoms with Gasteiger partial charge in [-0.05, 0) is 23.8 Å². The van der Waals surface area contributed by atoms with Gasteiger partial charge in [0.1, 0.15) is 5.75 Å². The van der Waals surface area contributed by atoms with Crippen molar-refractivity contribution in [2.24, 2.45) is 0 Å². The predicted octanol–water partition coefficient (Wildman–Crippen LogP) is 1.46. The zero-order valence-electron chi connectivity index (χ0n) is 7.60. The zero-order valence-corrected chi connectivity index (χ0v) is 7.60. The van der Waals surface area contributed by atoms with E-state index in [1.54, 1.807) is 12.1 Å². The predicted molar refractivity (Wildman–Crippen MR) is 50.7 cm³/mol. The average Bonchev–Trinajstić information content (AvgIpc) is 2.16. The average molecular weight is 194 g/mol. The highest BCUT2D eigenvalue weighted by Crippen LogP contribution is 2.12. The number of aromatic hydroxyl groups is 1. The third kappa shape index (κ3) is 2.52. The minimum Gasteiger partial charge on any atom is -0.508 e. The number of benzene rings is 1. The molecule has 0 aliphatic heterocycles. The van der Waals surface area contributed by atoms with Crippen molar-refractivity contribution in [1.82, 2.24) is 0 Å². The number of carboxylic acid groups (broad SMARTS) is 1. The molecule has 1 rings (SSSR count). The van der Waals surface area contributed by atoms with Crippen LogP contribution in [-0.4, -0.2) is 23.3 Å². The van der Waals surface area contributed by atoms with Crippen LogP contribution in [0.5, 0.6) is 5.75 Å². The molecule has 0 saturated heterocycles. The Kier molecular flexibility index (Phi) is 3.12. The lowest BCUT2D eigenvalue weighted by Crippen LogP contribution is -2.01. The third-order valence-electron chi connectivity index (χ3n) is 1.62. The van der Waals surface area contributed by atoms with Crippen LogP contribution in [0.15, 0.2) is 30.0 Å². The molecular weight excluding hydrogens is 184 g/mol. The molecule has 0 bridgehead atoms. The van der Waals surface area contributed by atoms with Gasteiger partial charge in [0, 0.05) is 0 Å². The van der Waals surface area contributed by atoms with Gasteiger partial charge in [-0.3, -0.25) is 0 Å². The molecule has 0 unspecified atom stereocenters. The van der Waals surface area contributed by atoms with Crippen LogP contribution >= 0.6 is 0 Å². The summed E-state index contributed by atoms with van der Waals surface area (Å²) in [5.41, 5.74) is 0.655. The van der Waals surface area contributed by atoms with E-state index in [1.807, 2.05) is 0 Å². The van der Waals surface area contributed by atoms with Gasteiger partial charge in [0.25, 0.3) is 0 Å². The molecule has 0 aliphatic rings. The molecule has 1 aromatic carbocycles. The highest BCUT2D eigenvalue weighted by Gasteiger charge is 2.05. The summed E-state index contributed by atoms with van der Waals surface area (Å²) >= 11 is 0. The van der Waals surface area contributed by atoms with E-state index in [9.17, 15) is 4.79 Å². The second-order valence-electron chi connectivity index (χ2n) is 2.61. The van der Waals surface area contributed by atoms with Crippen molar-refractivity contribution in [3.63, 3.8) is 0 Å². The maximum Gasteiger partial charge on any atom is 0.371 e. The van der Waals surface area contributed by atoms with Gasteiger partial charge in [0.15, 0.2) is 0 Å². The minimum atomic E-state index is -1.12. The van der Waals surface area contributed by atoms with Crippen molar-refractivity contribution in [2.45, 2.75) is 0 Å². The Morgan fingerprint density at radius 3 is 2.36 bits per heavy atom. The van der Waals surface area contributed by atoms with E-state index in [0.717, 1.165) is 0 Å². The molecule has 0 saturated carbocycles. The first-order valence-corrected chi connectivity index (χ1v) is 3.91. The number of rotatable bonds is 3. The fourth-order valence-corrected chi connectivity index (χ4v) is 0.930. The van der Waals surface area contributed by atoms with Crippen LogP contribution in [0.1, 0.15) is 5.56 Å².